The lowest BCUT2D eigenvalue weighted by molar-refractivity contribution is -0.138. The number of carbonyl (C=O) groups is 2. The van der Waals surface area contributed by atoms with Crippen molar-refractivity contribution in [2.75, 3.05) is 6.54 Å². The van der Waals surface area contributed by atoms with Crippen LogP contribution >= 0.6 is 0 Å². The third kappa shape index (κ3) is 3.46. The van der Waals surface area contributed by atoms with Crippen LogP contribution in [0.1, 0.15) is 25.3 Å². The van der Waals surface area contributed by atoms with Crippen molar-refractivity contribution in [3.05, 3.63) is 35.6 Å². The van der Waals surface area contributed by atoms with Crippen molar-refractivity contribution in [1.29, 1.82) is 0 Å². The Hall–Kier alpha value is -2.11. The highest BCUT2D eigenvalue weighted by Gasteiger charge is 2.41. The number of hydrogen-bond donors (Lipinski definition) is 1. The number of ether oxygens (including phenoxy) is 1. The van der Waals surface area contributed by atoms with Gasteiger partial charge in [-0.25, -0.2) is 9.18 Å². The number of carboxylic acid groups (broad SMARTS) is 1. The molecule has 1 aliphatic heterocycles. The molecule has 108 valence electrons. The lowest BCUT2D eigenvalue weighted by Gasteiger charge is -2.20. The second kappa shape index (κ2) is 5.48. The van der Waals surface area contributed by atoms with Gasteiger partial charge in [0, 0.05) is 13.0 Å². The van der Waals surface area contributed by atoms with Gasteiger partial charge in [0.25, 0.3) is 0 Å². The Labute approximate surface area is 116 Å². The van der Waals surface area contributed by atoms with E-state index in [0.717, 1.165) is 0 Å². The van der Waals surface area contributed by atoms with E-state index in [2.05, 4.69) is 0 Å². The molecule has 1 heterocycles. The van der Waals surface area contributed by atoms with Crippen molar-refractivity contribution < 1.29 is 23.8 Å². The Balaban J connectivity index is 2.00. The summed E-state index contributed by atoms with van der Waals surface area (Å²) in [6.07, 6.45) is -0.298. The quantitative estimate of drug-likeness (QED) is 0.900. The average Bonchev–Trinajstić information content (AvgIpc) is 2.63. The smallest absolute Gasteiger partial charge is 0.410 e. The molecule has 1 aromatic carbocycles. The summed E-state index contributed by atoms with van der Waals surface area (Å²) < 4.78 is 18.3. The van der Waals surface area contributed by atoms with Crippen molar-refractivity contribution in [3.63, 3.8) is 0 Å². The highest BCUT2D eigenvalue weighted by molar-refractivity contribution is 5.71. The molecule has 6 heteroatoms. The van der Waals surface area contributed by atoms with Gasteiger partial charge in [-0.05, 0) is 31.0 Å². The van der Waals surface area contributed by atoms with Gasteiger partial charge in [0.15, 0.2) is 0 Å². The zero-order valence-corrected chi connectivity index (χ0v) is 11.1. The highest BCUT2D eigenvalue weighted by Crippen LogP contribution is 2.28. The minimum absolute atomic E-state index is 0.0580. The molecule has 1 atom stereocenters. The van der Waals surface area contributed by atoms with Gasteiger partial charge in [0.2, 0.25) is 0 Å². The molecule has 2 rings (SSSR count). The predicted octanol–water partition coefficient (Wildman–Crippen LogP) is 2.40. The number of carbonyl (C=O) groups excluding carboxylic acids is 1. The van der Waals surface area contributed by atoms with Gasteiger partial charge in [0.1, 0.15) is 11.4 Å². The number of halogens is 1. The zero-order valence-electron chi connectivity index (χ0n) is 11.1. The van der Waals surface area contributed by atoms with Crippen LogP contribution in [0, 0.1) is 5.82 Å². The number of hydrogen-bond acceptors (Lipinski definition) is 3. The van der Waals surface area contributed by atoms with Crippen LogP contribution in [0.2, 0.25) is 0 Å². The monoisotopic (exact) mass is 281 g/mol. The van der Waals surface area contributed by atoms with Gasteiger partial charge in [-0.2, -0.15) is 0 Å². The van der Waals surface area contributed by atoms with Crippen LogP contribution in [0.5, 0.6) is 0 Å². The summed E-state index contributed by atoms with van der Waals surface area (Å²) in [5, 5.41) is 8.69. The van der Waals surface area contributed by atoms with Gasteiger partial charge in [-0.15, -0.1) is 0 Å². The summed E-state index contributed by atoms with van der Waals surface area (Å²) in [5.41, 5.74) is -0.132. The molecule has 0 radical (unpaired) electrons. The Morgan fingerprint density at radius 1 is 1.55 bits per heavy atom. The predicted molar refractivity (Wildman–Crippen MR) is 68.6 cm³/mol. The number of carboxylic acids is 1. The Morgan fingerprint density at radius 2 is 2.30 bits per heavy atom. The standard InChI is InChI=1S/C14H16FNO4/c1-14(6-5-12(17)18)9-16(13(19)20-14)8-10-3-2-4-11(15)7-10/h2-4,7H,5-6,8-9H2,1H3,(H,17,18). The number of rotatable bonds is 5. The lowest BCUT2D eigenvalue weighted by Crippen LogP contribution is -2.31. The van der Waals surface area contributed by atoms with E-state index < -0.39 is 17.7 Å². The average molecular weight is 281 g/mol. The molecular weight excluding hydrogens is 265 g/mol. The van der Waals surface area contributed by atoms with Crippen molar-refractivity contribution >= 4 is 12.1 Å². The number of aliphatic carboxylic acids is 1. The SMILES string of the molecule is CC1(CCC(=O)O)CN(Cc2cccc(F)c2)C(=O)O1. The molecule has 1 aliphatic rings. The number of amides is 1. The second-order valence-electron chi connectivity index (χ2n) is 5.20. The summed E-state index contributed by atoms with van der Waals surface area (Å²) >= 11 is 0. The first-order valence-electron chi connectivity index (χ1n) is 6.32. The zero-order chi connectivity index (χ0) is 14.8. The molecular formula is C14H16FNO4. The van der Waals surface area contributed by atoms with Crippen LogP contribution in [-0.4, -0.2) is 34.2 Å². The van der Waals surface area contributed by atoms with Gasteiger partial charge in [-0.1, -0.05) is 12.1 Å². The van der Waals surface area contributed by atoms with Gasteiger partial charge in [0.05, 0.1) is 6.54 Å². The molecule has 0 bridgehead atoms. The number of nitrogens with zero attached hydrogens (tertiary/aromatic N) is 1. The van der Waals surface area contributed by atoms with Crippen molar-refractivity contribution in [2.24, 2.45) is 0 Å². The van der Waals surface area contributed by atoms with Crippen LogP contribution in [0.25, 0.3) is 0 Å². The maximum atomic E-state index is 13.1. The molecule has 1 amide bonds. The first kappa shape index (κ1) is 14.3. The Kier molecular flexibility index (Phi) is 3.92. The molecule has 0 aromatic heterocycles. The maximum Gasteiger partial charge on any atom is 0.410 e. The molecule has 5 nitrogen and oxygen atoms in total. The number of benzene rings is 1. The van der Waals surface area contributed by atoms with Gasteiger partial charge < -0.3 is 9.84 Å². The van der Waals surface area contributed by atoms with E-state index in [4.69, 9.17) is 9.84 Å². The highest BCUT2D eigenvalue weighted by atomic mass is 19.1. The third-order valence-corrected chi connectivity index (χ3v) is 3.25. The molecule has 0 saturated carbocycles. The fourth-order valence-electron chi connectivity index (χ4n) is 2.25. The van der Waals surface area contributed by atoms with E-state index in [9.17, 15) is 14.0 Å². The summed E-state index contributed by atoms with van der Waals surface area (Å²) in [5.74, 6) is -1.28. The van der Waals surface area contributed by atoms with Gasteiger partial charge in [-0.3, -0.25) is 9.69 Å². The minimum Gasteiger partial charge on any atom is -0.481 e. The Bertz CT molecular complexity index is 534. The van der Waals surface area contributed by atoms with Gasteiger partial charge >= 0.3 is 12.1 Å². The summed E-state index contributed by atoms with van der Waals surface area (Å²) in [6.45, 7) is 2.26. The van der Waals surface area contributed by atoms with Crippen LogP contribution in [0.15, 0.2) is 24.3 Å². The van der Waals surface area contributed by atoms with Crippen molar-refractivity contribution in [2.45, 2.75) is 31.9 Å². The van der Waals surface area contributed by atoms with E-state index in [1.165, 1.54) is 17.0 Å². The van der Waals surface area contributed by atoms with Crippen LogP contribution < -0.4 is 0 Å². The molecule has 0 spiro atoms. The molecule has 20 heavy (non-hydrogen) atoms. The molecule has 1 saturated heterocycles. The van der Waals surface area contributed by atoms with Crippen LogP contribution in [0.4, 0.5) is 9.18 Å². The van der Waals surface area contributed by atoms with E-state index in [1.807, 2.05) is 0 Å². The molecule has 1 N–H and O–H groups in total. The van der Waals surface area contributed by atoms with Crippen molar-refractivity contribution in [1.82, 2.24) is 4.90 Å². The number of cyclic esters (lactones) is 1. The molecule has 1 aromatic rings. The molecule has 0 aliphatic carbocycles. The fraction of sp³-hybridized carbons (Fsp3) is 0.429. The summed E-state index contributed by atoms with van der Waals surface area (Å²) in [7, 11) is 0. The van der Waals surface area contributed by atoms with Crippen LogP contribution in [0.3, 0.4) is 0 Å². The summed E-state index contributed by atoms with van der Waals surface area (Å²) in [6, 6.07) is 6.00. The maximum absolute atomic E-state index is 13.1. The van der Waals surface area contributed by atoms with E-state index in [1.54, 1.807) is 19.1 Å². The fourth-order valence-corrected chi connectivity index (χ4v) is 2.25. The third-order valence-electron chi connectivity index (χ3n) is 3.25. The van der Waals surface area contributed by atoms with E-state index >= 15 is 0 Å². The Morgan fingerprint density at radius 3 is 2.95 bits per heavy atom. The van der Waals surface area contributed by atoms with Crippen molar-refractivity contribution in [3.8, 4) is 0 Å². The lowest BCUT2D eigenvalue weighted by atomic mass is 10.00. The van der Waals surface area contributed by atoms with E-state index in [0.29, 0.717) is 12.1 Å². The largest absolute Gasteiger partial charge is 0.481 e. The second-order valence-corrected chi connectivity index (χ2v) is 5.20. The topological polar surface area (TPSA) is 66.8 Å². The minimum atomic E-state index is -0.925. The normalized spacial score (nSPS) is 21.9. The molecule has 1 fully saturated rings. The first-order valence-corrected chi connectivity index (χ1v) is 6.32. The molecule has 1 unspecified atom stereocenters. The van der Waals surface area contributed by atoms with Crippen LogP contribution in [-0.2, 0) is 16.1 Å². The summed E-state index contributed by atoms with van der Waals surface area (Å²) in [4.78, 5) is 23.8. The first-order chi connectivity index (χ1) is 9.38. The van der Waals surface area contributed by atoms with E-state index in [-0.39, 0.29) is 25.2 Å².